The van der Waals surface area contributed by atoms with E-state index in [9.17, 15) is 4.79 Å². The van der Waals surface area contributed by atoms with E-state index in [1.54, 1.807) is 4.90 Å². The van der Waals surface area contributed by atoms with Crippen LogP contribution in [-0.2, 0) is 6.42 Å². The lowest BCUT2D eigenvalue weighted by molar-refractivity contribution is 0.191. The number of benzene rings is 1. The Morgan fingerprint density at radius 2 is 1.88 bits per heavy atom. The van der Waals surface area contributed by atoms with Crippen LogP contribution in [0, 0.1) is 5.92 Å². The standard InChI is InChI=1S/C13H16ClNO/c14-13(16)15-8-6-12(7-9-15)10-11-4-2-1-3-5-11/h1-5,12H,6-10H2. The third-order valence-corrected chi connectivity index (χ3v) is 3.47. The Kier molecular flexibility index (Phi) is 3.83. The molecule has 1 aliphatic rings. The minimum atomic E-state index is -0.307. The van der Waals surface area contributed by atoms with Crippen molar-refractivity contribution in [3.8, 4) is 0 Å². The van der Waals surface area contributed by atoms with Gasteiger partial charge in [-0.3, -0.25) is 4.79 Å². The summed E-state index contributed by atoms with van der Waals surface area (Å²) >= 11 is 5.45. The molecule has 0 spiro atoms. The lowest BCUT2D eigenvalue weighted by Gasteiger charge is -2.30. The number of likely N-dealkylation sites (tertiary alicyclic amines) is 1. The molecule has 1 amide bonds. The molecule has 0 aromatic heterocycles. The fourth-order valence-corrected chi connectivity index (χ4v) is 2.43. The monoisotopic (exact) mass is 237 g/mol. The first-order valence-corrected chi connectivity index (χ1v) is 6.12. The van der Waals surface area contributed by atoms with Gasteiger partial charge in [0.15, 0.2) is 0 Å². The highest BCUT2D eigenvalue weighted by Gasteiger charge is 2.21. The van der Waals surface area contributed by atoms with Crippen molar-refractivity contribution in [1.29, 1.82) is 0 Å². The van der Waals surface area contributed by atoms with Gasteiger partial charge >= 0.3 is 5.37 Å². The van der Waals surface area contributed by atoms with E-state index in [-0.39, 0.29) is 5.37 Å². The molecular formula is C13H16ClNO. The number of carbonyl (C=O) groups excluding carboxylic acids is 1. The van der Waals surface area contributed by atoms with Crippen LogP contribution in [0.1, 0.15) is 18.4 Å². The molecule has 0 atom stereocenters. The van der Waals surface area contributed by atoms with Crippen LogP contribution in [0.4, 0.5) is 4.79 Å². The Morgan fingerprint density at radius 1 is 1.25 bits per heavy atom. The van der Waals surface area contributed by atoms with Crippen LogP contribution in [0.15, 0.2) is 30.3 Å². The van der Waals surface area contributed by atoms with E-state index in [1.807, 2.05) is 6.07 Å². The summed E-state index contributed by atoms with van der Waals surface area (Å²) in [6.45, 7) is 1.61. The summed E-state index contributed by atoms with van der Waals surface area (Å²) in [5.74, 6) is 0.690. The maximum atomic E-state index is 11.0. The second kappa shape index (κ2) is 5.35. The molecule has 0 radical (unpaired) electrons. The number of halogens is 1. The maximum Gasteiger partial charge on any atom is 0.316 e. The third kappa shape index (κ3) is 2.99. The summed E-state index contributed by atoms with van der Waals surface area (Å²) in [5.41, 5.74) is 1.39. The van der Waals surface area contributed by atoms with Crippen LogP contribution in [0.25, 0.3) is 0 Å². The van der Waals surface area contributed by atoms with E-state index < -0.39 is 0 Å². The highest BCUT2D eigenvalue weighted by Crippen LogP contribution is 2.22. The minimum absolute atomic E-state index is 0.307. The van der Waals surface area contributed by atoms with Gasteiger partial charge in [0, 0.05) is 13.1 Å². The smallest absolute Gasteiger partial charge is 0.316 e. The summed E-state index contributed by atoms with van der Waals surface area (Å²) in [6.07, 6.45) is 3.24. The van der Waals surface area contributed by atoms with Crippen molar-refractivity contribution >= 4 is 17.0 Å². The van der Waals surface area contributed by atoms with Crippen LogP contribution >= 0.6 is 11.6 Å². The van der Waals surface area contributed by atoms with Crippen LogP contribution in [0.2, 0.25) is 0 Å². The molecule has 1 aromatic carbocycles. The normalized spacial score (nSPS) is 17.4. The first-order chi connectivity index (χ1) is 7.75. The van der Waals surface area contributed by atoms with Gasteiger partial charge in [-0.25, -0.2) is 0 Å². The van der Waals surface area contributed by atoms with Gasteiger partial charge in [0.25, 0.3) is 0 Å². The third-order valence-electron chi connectivity index (χ3n) is 3.23. The number of piperidine rings is 1. The van der Waals surface area contributed by atoms with Crippen LogP contribution < -0.4 is 0 Å². The summed E-state index contributed by atoms with van der Waals surface area (Å²) in [5, 5.41) is -0.307. The topological polar surface area (TPSA) is 20.3 Å². The molecule has 1 fully saturated rings. The van der Waals surface area contributed by atoms with Crippen molar-refractivity contribution in [3.05, 3.63) is 35.9 Å². The highest BCUT2D eigenvalue weighted by molar-refractivity contribution is 6.62. The molecule has 0 unspecified atom stereocenters. The van der Waals surface area contributed by atoms with Crippen molar-refractivity contribution < 1.29 is 4.79 Å². The molecule has 1 heterocycles. The lowest BCUT2D eigenvalue weighted by Crippen LogP contribution is -2.35. The number of nitrogens with zero attached hydrogens (tertiary/aromatic N) is 1. The molecule has 1 aromatic rings. The predicted molar refractivity (Wildman–Crippen MR) is 65.7 cm³/mol. The SMILES string of the molecule is O=C(Cl)N1CCC(Cc2ccccc2)CC1. The second-order valence-corrected chi connectivity index (χ2v) is 4.70. The highest BCUT2D eigenvalue weighted by atomic mass is 35.5. The number of rotatable bonds is 2. The van der Waals surface area contributed by atoms with Gasteiger partial charge in [0.2, 0.25) is 0 Å². The number of amides is 1. The summed E-state index contributed by atoms with van der Waals surface area (Å²) in [4.78, 5) is 12.7. The number of carbonyl (C=O) groups is 1. The Morgan fingerprint density at radius 3 is 2.44 bits per heavy atom. The van der Waals surface area contributed by atoms with Crippen molar-refractivity contribution in [2.75, 3.05) is 13.1 Å². The first-order valence-electron chi connectivity index (χ1n) is 5.74. The zero-order valence-electron chi connectivity index (χ0n) is 9.23. The first kappa shape index (κ1) is 11.5. The van der Waals surface area contributed by atoms with E-state index in [1.165, 1.54) is 5.56 Å². The largest absolute Gasteiger partial charge is 0.329 e. The molecule has 0 bridgehead atoms. The zero-order chi connectivity index (χ0) is 11.4. The fourth-order valence-electron chi connectivity index (χ4n) is 2.26. The van der Waals surface area contributed by atoms with Crippen molar-refractivity contribution in [1.82, 2.24) is 4.90 Å². The van der Waals surface area contributed by atoms with E-state index in [2.05, 4.69) is 24.3 Å². The van der Waals surface area contributed by atoms with Gasteiger partial charge in [0.1, 0.15) is 0 Å². The zero-order valence-corrected chi connectivity index (χ0v) is 9.99. The van der Waals surface area contributed by atoms with Crippen LogP contribution in [0.3, 0.4) is 0 Å². The molecule has 3 heteroatoms. The van der Waals surface area contributed by atoms with Crippen molar-refractivity contribution in [2.24, 2.45) is 5.92 Å². The number of hydrogen-bond acceptors (Lipinski definition) is 1. The summed E-state index contributed by atoms with van der Waals surface area (Å²) < 4.78 is 0. The minimum Gasteiger partial charge on any atom is -0.329 e. The molecule has 0 N–H and O–H groups in total. The molecule has 2 rings (SSSR count). The van der Waals surface area contributed by atoms with E-state index in [0.717, 1.165) is 32.4 Å². The fraction of sp³-hybridized carbons (Fsp3) is 0.462. The van der Waals surface area contributed by atoms with Crippen molar-refractivity contribution in [3.63, 3.8) is 0 Å². The Hall–Kier alpha value is -1.02. The van der Waals surface area contributed by atoms with Crippen LogP contribution in [0.5, 0.6) is 0 Å². The van der Waals surface area contributed by atoms with Gasteiger partial charge in [-0.05, 0) is 42.3 Å². The molecule has 1 saturated heterocycles. The Balaban J connectivity index is 1.84. The lowest BCUT2D eigenvalue weighted by atomic mass is 9.90. The van der Waals surface area contributed by atoms with Gasteiger partial charge < -0.3 is 4.90 Å². The average Bonchev–Trinajstić information content (AvgIpc) is 2.31. The second-order valence-electron chi connectivity index (χ2n) is 4.37. The van der Waals surface area contributed by atoms with Gasteiger partial charge in [-0.2, -0.15) is 0 Å². The number of hydrogen-bond donors (Lipinski definition) is 0. The van der Waals surface area contributed by atoms with Gasteiger partial charge in [0.05, 0.1) is 0 Å². The summed E-state index contributed by atoms with van der Waals surface area (Å²) in [6, 6.07) is 10.5. The quantitative estimate of drug-likeness (QED) is 0.571. The molecule has 86 valence electrons. The summed E-state index contributed by atoms with van der Waals surface area (Å²) in [7, 11) is 0. The van der Waals surface area contributed by atoms with E-state index in [4.69, 9.17) is 11.6 Å². The van der Waals surface area contributed by atoms with E-state index >= 15 is 0 Å². The van der Waals surface area contributed by atoms with Gasteiger partial charge in [-0.1, -0.05) is 30.3 Å². The molecule has 16 heavy (non-hydrogen) atoms. The molecule has 0 aliphatic carbocycles. The maximum absolute atomic E-state index is 11.0. The molecule has 2 nitrogen and oxygen atoms in total. The molecule has 0 saturated carbocycles. The van der Waals surface area contributed by atoms with Gasteiger partial charge in [-0.15, -0.1) is 0 Å². The van der Waals surface area contributed by atoms with E-state index in [0.29, 0.717) is 5.92 Å². The Bertz CT molecular complexity index is 344. The van der Waals surface area contributed by atoms with Crippen molar-refractivity contribution in [2.45, 2.75) is 19.3 Å². The molecular weight excluding hydrogens is 222 g/mol. The van der Waals surface area contributed by atoms with Crippen LogP contribution in [-0.4, -0.2) is 23.4 Å². The average molecular weight is 238 g/mol. The Labute approximate surface area is 101 Å². The predicted octanol–water partition coefficient (Wildman–Crippen LogP) is 3.30. The molecule has 1 aliphatic heterocycles.